The van der Waals surface area contributed by atoms with Gasteiger partial charge in [0.25, 0.3) is 5.56 Å². The van der Waals surface area contributed by atoms with Crippen LogP contribution in [0.4, 0.5) is 0 Å². The van der Waals surface area contributed by atoms with Crippen LogP contribution in [0.15, 0.2) is 9.59 Å². The number of likely N-dealkylation sites (tertiary alicyclic amines) is 2. The first-order chi connectivity index (χ1) is 12.5. The largest absolute Gasteiger partial charge is 0.342 e. The highest BCUT2D eigenvalue weighted by Gasteiger charge is 2.48. The molecular weight excluding hydrogens is 332 g/mol. The van der Waals surface area contributed by atoms with Crippen LogP contribution in [0.25, 0.3) is 0 Å². The van der Waals surface area contributed by atoms with Gasteiger partial charge in [-0.1, -0.05) is 6.42 Å². The molecule has 0 radical (unpaired) electrons. The molecule has 2 saturated heterocycles. The van der Waals surface area contributed by atoms with Crippen molar-refractivity contribution >= 4 is 5.91 Å². The van der Waals surface area contributed by atoms with E-state index < -0.39 is 5.69 Å². The third kappa shape index (κ3) is 3.13. The summed E-state index contributed by atoms with van der Waals surface area (Å²) in [4.78, 5) is 45.9. The Kier molecular flexibility index (Phi) is 4.50. The predicted molar refractivity (Wildman–Crippen MR) is 97.9 cm³/mol. The molecule has 7 nitrogen and oxygen atoms in total. The first-order valence-electron chi connectivity index (χ1n) is 9.81. The minimum atomic E-state index is -0.469. The number of rotatable bonds is 4. The van der Waals surface area contributed by atoms with Gasteiger partial charge >= 0.3 is 5.69 Å². The molecule has 0 aromatic carbocycles. The van der Waals surface area contributed by atoms with E-state index in [0.717, 1.165) is 38.9 Å². The molecular formula is C19H28N4O3. The summed E-state index contributed by atoms with van der Waals surface area (Å²) in [5, 5.41) is 0. The molecule has 3 fully saturated rings. The fraction of sp³-hybridized carbons (Fsp3) is 0.737. The van der Waals surface area contributed by atoms with Crippen LogP contribution in [-0.4, -0.2) is 51.9 Å². The number of aromatic amines is 2. The van der Waals surface area contributed by atoms with Gasteiger partial charge in [0.15, 0.2) is 0 Å². The number of H-pyrrole nitrogens is 2. The normalized spacial score (nSPS) is 27.3. The van der Waals surface area contributed by atoms with Crippen molar-refractivity contribution in [1.29, 1.82) is 0 Å². The zero-order valence-electron chi connectivity index (χ0n) is 15.5. The summed E-state index contributed by atoms with van der Waals surface area (Å²) in [7, 11) is 0. The Hall–Kier alpha value is -1.89. The molecule has 1 aromatic rings. The molecule has 26 heavy (non-hydrogen) atoms. The number of carbonyl (C=O) groups excluding carboxylic acids is 1. The number of hydrogen-bond donors (Lipinski definition) is 2. The smallest absolute Gasteiger partial charge is 0.325 e. The monoisotopic (exact) mass is 360 g/mol. The quantitative estimate of drug-likeness (QED) is 0.838. The van der Waals surface area contributed by atoms with Crippen molar-refractivity contribution in [3.63, 3.8) is 0 Å². The molecule has 1 atom stereocenters. The Morgan fingerprint density at radius 2 is 1.88 bits per heavy atom. The van der Waals surface area contributed by atoms with E-state index in [1.807, 2.05) is 0 Å². The van der Waals surface area contributed by atoms with Crippen LogP contribution in [0.2, 0.25) is 0 Å². The van der Waals surface area contributed by atoms with Crippen LogP contribution in [-0.2, 0) is 11.3 Å². The SMILES string of the molecule is Cc1[nH]c(=O)[nH]c(=O)c1CN1CC[C@]2(CCCN(CC3CCC3)C2=O)C1. The van der Waals surface area contributed by atoms with Crippen LogP contribution in [0, 0.1) is 18.3 Å². The summed E-state index contributed by atoms with van der Waals surface area (Å²) < 4.78 is 0. The van der Waals surface area contributed by atoms with Gasteiger partial charge in [0.2, 0.25) is 5.91 Å². The molecule has 1 saturated carbocycles. The van der Waals surface area contributed by atoms with Crippen LogP contribution < -0.4 is 11.2 Å². The Morgan fingerprint density at radius 3 is 2.58 bits per heavy atom. The maximum atomic E-state index is 13.2. The first-order valence-corrected chi connectivity index (χ1v) is 9.81. The van der Waals surface area contributed by atoms with E-state index in [4.69, 9.17) is 0 Å². The van der Waals surface area contributed by atoms with Crippen molar-refractivity contribution < 1.29 is 4.79 Å². The van der Waals surface area contributed by atoms with E-state index in [9.17, 15) is 14.4 Å². The Bertz CT molecular complexity index is 810. The number of nitrogens with one attached hydrogen (secondary N) is 2. The maximum Gasteiger partial charge on any atom is 0.325 e. The molecule has 0 unspecified atom stereocenters. The van der Waals surface area contributed by atoms with E-state index >= 15 is 0 Å². The van der Waals surface area contributed by atoms with Gasteiger partial charge in [0.1, 0.15) is 0 Å². The molecule has 3 aliphatic rings. The summed E-state index contributed by atoms with van der Waals surface area (Å²) in [5.41, 5.74) is 0.139. The average molecular weight is 360 g/mol. The predicted octanol–water partition coefficient (Wildman–Crippen LogP) is 0.986. The van der Waals surface area contributed by atoms with Crippen LogP contribution in [0.3, 0.4) is 0 Å². The van der Waals surface area contributed by atoms with Gasteiger partial charge in [-0.05, 0) is 51.5 Å². The second-order valence-electron chi connectivity index (χ2n) is 8.40. The van der Waals surface area contributed by atoms with Crippen molar-refractivity contribution in [1.82, 2.24) is 19.8 Å². The van der Waals surface area contributed by atoms with Crippen LogP contribution in [0.5, 0.6) is 0 Å². The van der Waals surface area contributed by atoms with Gasteiger partial charge in [-0.25, -0.2) is 4.79 Å². The lowest BCUT2D eigenvalue weighted by Crippen LogP contribution is -2.51. The van der Waals surface area contributed by atoms with Crippen molar-refractivity contribution in [2.45, 2.75) is 52.0 Å². The van der Waals surface area contributed by atoms with Crippen molar-refractivity contribution in [3.8, 4) is 0 Å². The van der Waals surface area contributed by atoms with Gasteiger partial charge in [-0.3, -0.25) is 19.5 Å². The van der Waals surface area contributed by atoms with E-state index in [1.165, 1.54) is 19.3 Å². The van der Waals surface area contributed by atoms with Gasteiger partial charge < -0.3 is 9.88 Å². The number of nitrogens with zero attached hydrogens (tertiary/aromatic N) is 2. The summed E-state index contributed by atoms with van der Waals surface area (Å²) in [6.45, 7) is 5.60. The van der Waals surface area contributed by atoms with Crippen molar-refractivity contribution in [3.05, 3.63) is 32.1 Å². The fourth-order valence-corrected chi connectivity index (χ4v) is 4.83. The van der Waals surface area contributed by atoms with E-state index in [1.54, 1.807) is 6.92 Å². The van der Waals surface area contributed by atoms with Gasteiger partial charge in [0.05, 0.1) is 11.0 Å². The molecule has 4 rings (SSSR count). The van der Waals surface area contributed by atoms with E-state index in [2.05, 4.69) is 19.8 Å². The summed E-state index contributed by atoms with van der Waals surface area (Å²) in [6.07, 6.45) is 6.72. The number of hydrogen-bond acceptors (Lipinski definition) is 4. The lowest BCUT2D eigenvalue weighted by Gasteiger charge is -2.42. The second kappa shape index (κ2) is 6.68. The molecule has 2 N–H and O–H groups in total. The van der Waals surface area contributed by atoms with Crippen molar-refractivity contribution in [2.75, 3.05) is 26.2 Å². The standard InChI is InChI=1S/C19H28N4O3/c1-13-15(16(24)21-18(26)20-13)11-22-9-7-19(12-22)6-3-8-23(17(19)25)10-14-4-2-5-14/h14H,2-12H2,1H3,(H2,20,21,24,26)/t19-/m1/s1. The highest BCUT2D eigenvalue weighted by molar-refractivity contribution is 5.84. The zero-order valence-corrected chi connectivity index (χ0v) is 15.5. The maximum absolute atomic E-state index is 13.2. The van der Waals surface area contributed by atoms with Crippen LogP contribution in [0.1, 0.15) is 49.8 Å². The molecule has 1 aliphatic carbocycles. The van der Waals surface area contributed by atoms with Gasteiger partial charge in [-0.2, -0.15) is 0 Å². The topological polar surface area (TPSA) is 89.3 Å². The second-order valence-corrected chi connectivity index (χ2v) is 8.40. The molecule has 7 heteroatoms. The van der Waals surface area contributed by atoms with E-state index in [0.29, 0.717) is 36.2 Å². The van der Waals surface area contributed by atoms with Crippen molar-refractivity contribution in [2.24, 2.45) is 11.3 Å². The molecule has 1 spiro atoms. The van der Waals surface area contributed by atoms with Gasteiger partial charge in [-0.15, -0.1) is 0 Å². The Balaban J connectivity index is 1.46. The molecule has 3 heterocycles. The first kappa shape index (κ1) is 17.5. The number of aryl methyl sites for hydroxylation is 1. The van der Waals surface area contributed by atoms with E-state index in [-0.39, 0.29) is 11.0 Å². The average Bonchev–Trinajstić information content (AvgIpc) is 2.95. The highest BCUT2D eigenvalue weighted by atomic mass is 16.2. The molecule has 142 valence electrons. The Labute approximate surface area is 152 Å². The third-order valence-corrected chi connectivity index (χ3v) is 6.60. The number of piperidine rings is 1. The number of carbonyl (C=O) groups is 1. The minimum absolute atomic E-state index is 0.273. The minimum Gasteiger partial charge on any atom is -0.342 e. The molecule has 1 amide bonds. The lowest BCUT2D eigenvalue weighted by atomic mass is 9.77. The third-order valence-electron chi connectivity index (χ3n) is 6.60. The highest BCUT2D eigenvalue weighted by Crippen LogP contribution is 2.41. The summed E-state index contributed by atoms with van der Waals surface area (Å²) in [5.74, 6) is 1.03. The molecule has 1 aromatic heterocycles. The summed E-state index contributed by atoms with van der Waals surface area (Å²) >= 11 is 0. The number of amides is 1. The zero-order chi connectivity index (χ0) is 18.3. The summed E-state index contributed by atoms with van der Waals surface area (Å²) in [6, 6.07) is 0. The fourth-order valence-electron chi connectivity index (χ4n) is 4.83. The molecule has 2 aliphatic heterocycles. The van der Waals surface area contributed by atoms with Crippen LogP contribution >= 0.6 is 0 Å². The Morgan fingerprint density at radius 1 is 1.08 bits per heavy atom. The van der Waals surface area contributed by atoms with Gasteiger partial charge in [0, 0.05) is 31.9 Å². The molecule has 0 bridgehead atoms. The number of aromatic nitrogens is 2. The lowest BCUT2D eigenvalue weighted by molar-refractivity contribution is -0.146.